The van der Waals surface area contributed by atoms with Crippen LogP contribution in [0, 0.1) is 6.92 Å². The van der Waals surface area contributed by atoms with Crippen molar-refractivity contribution < 1.29 is 4.39 Å². The van der Waals surface area contributed by atoms with E-state index in [0.717, 1.165) is 11.1 Å². The normalized spacial score (nSPS) is 13.4. The summed E-state index contributed by atoms with van der Waals surface area (Å²) >= 11 is 0. The highest BCUT2D eigenvalue weighted by molar-refractivity contribution is 5.55. The van der Waals surface area contributed by atoms with Gasteiger partial charge in [0.25, 0.3) is 0 Å². The molecule has 0 saturated heterocycles. The summed E-state index contributed by atoms with van der Waals surface area (Å²) in [5.41, 5.74) is 8.26. The van der Waals surface area contributed by atoms with Crippen LogP contribution >= 0.6 is 0 Å². The molecule has 2 heteroatoms. The van der Waals surface area contributed by atoms with Gasteiger partial charge in [0.15, 0.2) is 0 Å². The predicted octanol–water partition coefficient (Wildman–Crippen LogP) is 3.00. The van der Waals surface area contributed by atoms with E-state index in [1.807, 2.05) is 37.3 Å². The molecule has 0 heterocycles. The molecule has 76 valence electrons. The second-order valence-electron chi connectivity index (χ2n) is 3.37. The van der Waals surface area contributed by atoms with E-state index in [-0.39, 0.29) is 0 Å². The second-order valence-corrected chi connectivity index (χ2v) is 3.37. The number of hydrogen-bond donors (Lipinski definition) is 1. The van der Waals surface area contributed by atoms with Gasteiger partial charge in [0.1, 0.15) is 6.17 Å². The molecule has 1 aromatic carbocycles. The lowest BCUT2D eigenvalue weighted by Crippen LogP contribution is -1.93. The first-order valence-corrected chi connectivity index (χ1v) is 4.76. The van der Waals surface area contributed by atoms with Crippen molar-refractivity contribution in [1.82, 2.24) is 0 Å². The van der Waals surface area contributed by atoms with Crippen LogP contribution < -0.4 is 5.73 Å². The molecule has 0 aliphatic carbocycles. The maximum absolute atomic E-state index is 13.0. The highest BCUT2D eigenvalue weighted by Crippen LogP contribution is 2.20. The number of halogens is 1. The van der Waals surface area contributed by atoms with Gasteiger partial charge in [-0.05, 0) is 36.6 Å². The number of alkyl halides is 1. The van der Waals surface area contributed by atoms with Crippen LogP contribution in [-0.4, -0.2) is 6.54 Å². The first kappa shape index (κ1) is 10.9. The molecule has 0 aliphatic heterocycles. The molecular weight excluding hydrogens is 177 g/mol. The Morgan fingerprint density at radius 1 is 1.50 bits per heavy atom. The Balaban J connectivity index is 3.02. The third-order valence-electron chi connectivity index (χ3n) is 2.20. The fourth-order valence-corrected chi connectivity index (χ4v) is 1.28. The smallest absolute Gasteiger partial charge is 0.122 e. The fraction of sp³-hybridized carbons (Fsp3) is 0.333. The van der Waals surface area contributed by atoms with Crippen molar-refractivity contribution in [2.75, 3.05) is 6.54 Å². The van der Waals surface area contributed by atoms with E-state index in [9.17, 15) is 4.39 Å². The van der Waals surface area contributed by atoms with Crippen molar-refractivity contribution >= 4 is 6.08 Å². The molecule has 1 unspecified atom stereocenters. The highest BCUT2D eigenvalue weighted by atomic mass is 19.1. The average Bonchev–Trinajstić information content (AvgIpc) is 2.16. The van der Waals surface area contributed by atoms with Gasteiger partial charge in [-0.25, -0.2) is 4.39 Å². The molecule has 1 nitrogen and oxygen atoms in total. The molecule has 2 N–H and O–H groups in total. The summed E-state index contributed by atoms with van der Waals surface area (Å²) in [6, 6.07) is 5.62. The summed E-state index contributed by atoms with van der Waals surface area (Å²) in [7, 11) is 0. The molecule has 0 aliphatic rings. The summed E-state index contributed by atoms with van der Waals surface area (Å²) in [6.07, 6.45) is 2.89. The molecule has 0 radical (unpaired) electrons. The standard InChI is InChI=1S/C12H16FN/c1-9-5-6-12(10(2)13)8-11(9)4-3-7-14/h3-6,8,10H,7,14H2,1-2H3/b4-3+. The number of benzene rings is 1. The van der Waals surface area contributed by atoms with Crippen LogP contribution in [0.2, 0.25) is 0 Å². The first-order chi connectivity index (χ1) is 6.65. The van der Waals surface area contributed by atoms with Crippen LogP contribution in [0.4, 0.5) is 4.39 Å². The van der Waals surface area contributed by atoms with Crippen LogP contribution in [-0.2, 0) is 0 Å². The third-order valence-corrected chi connectivity index (χ3v) is 2.20. The minimum atomic E-state index is -0.916. The molecule has 0 fully saturated rings. The van der Waals surface area contributed by atoms with Crippen LogP contribution in [0.5, 0.6) is 0 Å². The van der Waals surface area contributed by atoms with Crippen molar-refractivity contribution in [2.45, 2.75) is 20.0 Å². The van der Waals surface area contributed by atoms with Gasteiger partial charge in [-0.15, -0.1) is 0 Å². The van der Waals surface area contributed by atoms with E-state index in [4.69, 9.17) is 5.73 Å². The van der Waals surface area contributed by atoms with Crippen LogP contribution in [0.15, 0.2) is 24.3 Å². The van der Waals surface area contributed by atoms with Gasteiger partial charge in [0, 0.05) is 6.54 Å². The molecule has 1 rings (SSSR count). The Kier molecular flexibility index (Phi) is 3.84. The Hall–Kier alpha value is -1.15. The zero-order chi connectivity index (χ0) is 10.6. The molecule has 1 atom stereocenters. The maximum atomic E-state index is 13.0. The maximum Gasteiger partial charge on any atom is 0.122 e. The van der Waals surface area contributed by atoms with Gasteiger partial charge in [0.05, 0.1) is 0 Å². The van der Waals surface area contributed by atoms with Gasteiger partial charge in [-0.1, -0.05) is 24.3 Å². The lowest BCUT2D eigenvalue weighted by Gasteiger charge is -2.06. The molecule has 0 aromatic heterocycles. The topological polar surface area (TPSA) is 26.0 Å². The van der Waals surface area contributed by atoms with Crippen LogP contribution in [0.1, 0.15) is 29.8 Å². The Morgan fingerprint density at radius 2 is 2.21 bits per heavy atom. The lowest BCUT2D eigenvalue weighted by molar-refractivity contribution is 0.374. The van der Waals surface area contributed by atoms with Crippen LogP contribution in [0.25, 0.3) is 6.08 Å². The molecular formula is C12H16FN. The molecule has 0 spiro atoms. The van der Waals surface area contributed by atoms with Crippen molar-refractivity contribution in [3.63, 3.8) is 0 Å². The minimum absolute atomic E-state index is 0.509. The summed E-state index contributed by atoms with van der Waals surface area (Å²) in [6.45, 7) is 4.05. The molecule has 0 amide bonds. The van der Waals surface area contributed by atoms with Crippen LogP contribution in [0.3, 0.4) is 0 Å². The van der Waals surface area contributed by atoms with E-state index in [1.165, 1.54) is 0 Å². The van der Waals surface area contributed by atoms with Crippen molar-refractivity contribution in [3.05, 3.63) is 41.0 Å². The summed E-state index contributed by atoms with van der Waals surface area (Å²) in [4.78, 5) is 0. The number of rotatable bonds is 3. The second kappa shape index (κ2) is 4.91. The number of aryl methyl sites for hydroxylation is 1. The van der Waals surface area contributed by atoms with Gasteiger partial charge >= 0.3 is 0 Å². The van der Waals surface area contributed by atoms with Gasteiger partial charge < -0.3 is 5.73 Å². The van der Waals surface area contributed by atoms with Crippen molar-refractivity contribution in [1.29, 1.82) is 0 Å². The summed E-state index contributed by atoms with van der Waals surface area (Å²) < 4.78 is 13.0. The number of nitrogens with two attached hydrogens (primary N) is 1. The van der Waals surface area contributed by atoms with E-state index >= 15 is 0 Å². The van der Waals surface area contributed by atoms with Gasteiger partial charge in [-0.3, -0.25) is 0 Å². The van der Waals surface area contributed by atoms with Gasteiger partial charge in [0.2, 0.25) is 0 Å². The third kappa shape index (κ3) is 2.67. The Morgan fingerprint density at radius 3 is 2.79 bits per heavy atom. The highest BCUT2D eigenvalue weighted by Gasteiger charge is 2.03. The lowest BCUT2D eigenvalue weighted by atomic mass is 10.0. The molecule has 1 aromatic rings. The van der Waals surface area contributed by atoms with E-state index in [2.05, 4.69) is 0 Å². The monoisotopic (exact) mass is 193 g/mol. The average molecular weight is 193 g/mol. The first-order valence-electron chi connectivity index (χ1n) is 4.76. The quantitative estimate of drug-likeness (QED) is 0.784. The molecule has 0 saturated carbocycles. The predicted molar refractivity (Wildman–Crippen MR) is 58.8 cm³/mol. The Labute approximate surface area is 84.4 Å². The van der Waals surface area contributed by atoms with E-state index in [0.29, 0.717) is 12.1 Å². The summed E-state index contributed by atoms with van der Waals surface area (Å²) in [5.74, 6) is 0. The van der Waals surface area contributed by atoms with Crippen molar-refractivity contribution in [2.24, 2.45) is 5.73 Å². The van der Waals surface area contributed by atoms with E-state index in [1.54, 1.807) is 6.92 Å². The van der Waals surface area contributed by atoms with Gasteiger partial charge in [-0.2, -0.15) is 0 Å². The Bertz CT molecular complexity index is 329. The molecule has 0 bridgehead atoms. The SMILES string of the molecule is Cc1ccc(C(C)F)cc1/C=C/CN. The fourth-order valence-electron chi connectivity index (χ4n) is 1.28. The van der Waals surface area contributed by atoms with E-state index < -0.39 is 6.17 Å². The van der Waals surface area contributed by atoms with Crippen molar-refractivity contribution in [3.8, 4) is 0 Å². The number of hydrogen-bond acceptors (Lipinski definition) is 1. The molecule has 14 heavy (non-hydrogen) atoms. The zero-order valence-electron chi connectivity index (χ0n) is 8.63. The minimum Gasteiger partial charge on any atom is -0.327 e. The largest absolute Gasteiger partial charge is 0.327 e. The summed E-state index contributed by atoms with van der Waals surface area (Å²) in [5, 5.41) is 0. The zero-order valence-corrected chi connectivity index (χ0v) is 8.63.